The van der Waals surface area contributed by atoms with Gasteiger partial charge in [0, 0.05) is 29.6 Å². The van der Waals surface area contributed by atoms with Crippen LogP contribution in [0.15, 0.2) is 12.1 Å². The number of hydrogen-bond donors (Lipinski definition) is 1. The Morgan fingerprint density at radius 2 is 2.47 bits per heavy atom. The van der Waals surface area contributed by atoms with Crippen molar-refractivity contribution in [3.05, 3.63) is 27.1 Å². The molecule has 5 nitrogen and oxygen atoms in total. The van der Waals surface area contributed by atoms with E-state index in [0.29, 0.717) is 13.2 Å². The van der Waals surface area contributed by atoms with Crippen molar-refractivity contribution >= 4 is 16.3 Å². The molecule has 0 aromatic carbocycles. The van der Waals surface area contributed by atoms with Crippen LogP contribution in [0, 0.1) is 10.1 Å². The lowest BCUT2D eigenvalue weighted by molar-refractivity contribution is -0.380. The zero-order valence-electron chi connectivity index (χ0n) is 9.77. The highest BCUT2D eigenvalue weighted by Gasteiger charge is 2.27. The van der Waals surface area contributed by atoms with Crippen LogP contribution < -0.4 is 5.32 Å². The minimum absolute atomic E-state index is 0.00296. The predicted octanol–water partition coefficient (Wildman–Crippen LogP) is 2.32. The van der Waals surface area contributed by atoms with Crippen molar-refractivity contribution in [2.75, 3.05) is 13.2 Å². The van der Waals surface area contributed by atoms with E-state index in [4.69, 9.17) is 4.74 Å². The molecule has 0 saturated carbocycles. The maximum atomic E-state index is 10.6. The van der Waals surface area contributed by atoms with Crippen LogP contribution in [0.25, 0.3) is 0 Å². The van der Waals surface area contributed by atoms with Crippen molar-refractivity contribution in [1.82, 2.24) is 5.32 Å². The first-order valence-electron chi connectivity index (χ1n) is 5.65. The van der Waals surface area contributed by atoms with Crippen LogP contribution >= 0.6 is 11.3 Å². The SMILES string of the molecule is CC1(NCc2ccc([N+](=O)[O-])s2)CCCOC1. The van der Waals surface area contributed by atoms with E-state index in [1.54, 1.807) is 6.07 Å². The van der Waals surface area contributed by atoms with E-state index >= 15 is 0 Å². The van der Waals surface area contributed by atoms with Gasteiger partial charge in [-0.2, -0.15) is 0 Å². The molecule has 2 heterocycles. The molecule has 0 amide bonds. The Labute approximate surface area is 104 Å². The molecular formula is C11H16N2O3S. The van der Waals surface area contributed by atoms with E-state index in [2.05, 4.69) is 12.2 Å². The molecule has 94 valence electrons. The van der Waals surface area contributed by atoms with Gasteiger partial charge in [-0.3, -0.25) is 10.1 Å². The van der Waals surface area contributed by atoms with Crippen molar-refractivity contribution in [1.29, 1.82) is 0 Å². The Morgan fingerprint density at radius 3 is 3.06 bits per heavy atom. The highest BCUT2D eigenvalue weighted by atomic mass is 32.1. The van der Waals surface area contributed by atoms with Gasteiger partial charge >= 0.3 is 5.00 Å². The summed E-state index contributed by atoms with van der Waals surface area (Å²) in [5, 5.41) is 14.2. The standard InChI is InChI=1S/C11H16N2O3S/c1-11(5-2-6-16-8-11)12-7-9-3-4-10(17-9)13(14)15/h3-4,12H,2,5-8H2,1H3. The van der Waals surface area contributed by atoms with Crippen molar-refractivity contribution in [2.45, 2.75) is 31.8 Å². The second-order valence-electron chi connectivity index (χ2n) is 4.57. The summed E-state index contributed by atoms with van der Waals surface area (Å²) in [4.78, 5) is 11.2. The zero-order chi connectivity index (χ0) is 12.3. The smallest absolute Gasteiger partial charge is 0.324 e. The van der Waals surface area contributed by atoms with Gasteiger partial charge in [0.2, 0.25) is 0 Å². The average Bonchev–Trinajstić information content (AvgIpc) is 2.76. The molecule has 1 fully saturated rings. The normalized spacial score (nSPS) is 24.8. The fraction of sp³-hybridized carbons (Fsp3) is 0.636. The minimum Gasteiger partial charge on any atom is -0.380 e. The molecule has 0 spiro atoms. The number of hydrogen-bond acceptors (Lipinski definition) is 5. The van der Waals surface area contributed by atoms with E-state index in [-0.39, 0.29) is 15.5 Å². The van der Waals surface area contributed by atoms with Crippen LogP contribution in [0.1, 0.15) is 24.6 Å². The molecule has 1 aromatic rings. The third-order valence-electron chi connectivity index (χ3n) is 2.95. The van der Waals surface area contributed by atoms with Crippen LogP contribution in [-0.4, -0.2) is 23.7 Å². The van der Waals surface area contributed by atoms with Crippen molar-refractivity contribution in [2.24, 2.45) is 0 Å². The van der Waals surface area contributed by atoms with E-state index < -0.39 is 0 Å². The summed E-state index contributed by atoms with van der Waals surface area (Å²) in [6.45, 7) is 4.34. The second-order valence-corrected chi connectivity index (χ2v) is 5.71. The number of ether oxygens (including phenoxy) is 1. The van der Waals surface area contributed by atoms with Gasteiger partial charge in [0.15, 0.2) is 0 Å². The Balaban J connectivity index is 1.90. The molecule has 6 heteroatoms. The number of nitro groups is 1. The van der Waals surface area contributed by atoms with Crippen molar-refractivity contribution < 1.29 is 9.66 Å². The molecule has 17 heavy (non-hydrogen) atoms. The van der Waals surface area contributed by atoms with Gasteiger partial charge in [0.25, 0.3) is 0 Å². The Bertz CT molecular complexity index is 399. The fourth-order valence-electron chi connectivity index (χ4n) is 1.93. The van der Waals surface area contributed by atoms with Gasteiger partial charge in [0.05, 0.1) is 11.5 Å². The van der Waals surface area contributed by atoms with Gasteiger partial charge in [-0.05, 0) is 25.8 Å². The van der Waals surface area contributed by atoms with Crippen molar-refractivity contribution in [3.8, 4) is 0 Å². The van der Waals surface area contributed by atoms with Crippen LogP contribution in [0.4, 0.5) is 5.00 Å². The number of rotatable bonds is 4. The van der Waals surface area contributed by atoms with E-state index in [9.17, 15) is 10.1 Å². The molecule has 0 radical (unpaired) electrons. The van der Waals surface area contributed by atoms with Gasteiger partial charge < -0.3 is 10.1 Å². The second kappa shape index (κ2) is 5.12. The maximum absolute atomic E-state index is 10.6. The predicted molar refractivity (Wildman–Crippen MR) is 66.3 cm³/mol. The largest absolute Gasteiger partial charge is 0.380 e. The van der Waals surface area contributed by atoms with Crippen LogP contribution in [0.5, 0.6) is 0 Å². The fourth-order valence-corrected chi connectivity index (χ4v) is 2.69. The molecule has 1 aromatic heterocycles. The van der Waals surface area contributed by atoms with E-state index in [1.165, 1.54) is 11.3 Å². The summed E-state index contributed by atoms with van der Waals surface area (Å²) >= 11 is 1.23. The molecule has 1 atom stereocenters. The summed E-state index contributed by atoms with van der Waals surface area (Å²) in [5.74, 6) is 0. The third kappa shape index (κ3) is 3.24. The molecule has 1 aliphatic heterocycles. The number of thiophene rings is 1. The molecule has 1 N–H and O–H groups in total. The Kier molecular flexibility index (Phi) is 3.76. The van der Waals surface area contributed by atoms with E-state index in [0.717, 1.165) is 24.3 Å². The summed E-state index contributed by atoms with van der Waals surface area (Å²) in [6.07, 6.45) is 2.15. The lowest BCUT2D eigenvalue weighted by Gasteiger charge is -2.34. The Morgan fingerprint density at radius 1 is 1.65 bits per heavy atom. The van der Waals surface area contributed by atoms with Crippen LogP contribution in [-0.2, 0) is 11.3 Å². The highest BCUT2D eigenvalue weighted by Crippen LogP contribution is 2.25. The molecule has 1 saturated heterocycles. The molecular weight excluding hydrogens is 240 g/mol. The highest BCUT2D eigenvalue weighted by molar-refractivity contribution is 7.15. The summed E-state index contributed by atoms with van der Waals surface area (Å²) in [7, 11) is 0. The zero-order valence-corrected chi connectivity index (χ0v) is 10.6. The van der Waals surface area contributed by atoms with Gasteiger partial charge in [-0.25, -0.2) is 0 Å². The lowest BCUT2D eigenvalue weighted by Crippen LogP contribution is -2.48. The van der Waals surface area contributed by atoms with Crippen molar-refractivity contribution in [3.63, 3.8) is 0 Å². The van der Waals surface area contributed by atoms with E-state index in [1.807, 2.05) is 6.07 Å². The first-order chi connectivity index (χ1) is 8.09. The Hall–Kier alpha value is -0.980. The van der Waals surface area contributed by atoms with Crippen LogP contribution in [0.2, 0.25) is 0 Å². The minimum atomic E-state index is -0.348. The third-order valence-corrected chi connectivity index (χ3v) is 3.99. The molecule has 0 aliphatic carbocycles. The number of nitrogens with zero attached hydrogens (tertiary/aromatic N) is 1. The molecule has 1 unspecified atom stereocenters. The average molecular weight is 256 g/mol. The molecule has 2 rings (SSSR count). The van der Waals surface area contributed by atoms with Crippen LogP contribution in [0.3, 0.4) is 0 Å². The first-order valence-corrected chi connectivity index (χ1v) is 6.47. The summed E-state index contributed by atoms with van der Waals surface area (Å²) in [5.41, 5.74) is -0.00296. The summed E-state index contributed by atoms with van der Waals surface area (Å²) in [6, 6.07) is 3.37. The monoisotopic (exact) mass is 256 g/mol. The van der Waals surface area contributed by atoms with Gasteiger partial charge in [-0.15, -0.1) is 0 Å². The molecule has 0 bridgehead atoms. The summed E-state index contributed by atoms with van der Waals surface area (Å²) < 4.78 is 5.45. The quantitative estimate of drug-likeness (QED) is 0.663. The van der Waals surface area contributed by atoms with Gasteiger partial charge in [0.1, 0.15) is 0 Å². The van der Waals surface area contributed by atoms with Gasteiger partial charge in [-0.1, -0.05) is 11.3 Å². The molecule has 1 aliphatic rings. The first kappa shape index (κ1) is 12.5. The lowest BCUT2D eigenvalue weighted by atomic mass is 9.95. The maximum Gasteiger partial charge on any atom is 0.324 e. The number of nitrogens with one attached hydrogen (secondary N) is 1. The topological polar surface area (TPSA) is 64.4 Å².